The molecule has 0 aliphatic heterocycles. The number of aryl methyl sites for hydroxylation is 1. The lowest BCUT2D eigenvalue weighted by Gasteiger charge is -2.09. The number of ether oxygens (including phenoxy) is 2. The predicted octanol–water partition coefficient (Wildman–Crippen LogP) is 2.93. The van der Waals surface area contributed by atoms with Gasteiger partial charge in [0.05, 0.1) is 0 Å². The number of amides is 1. The standard InChI is InChI=1S/C19H20ClNO4/c1-14-4-2-3-5-15(14)10-11-21-18(22)12-25-19(23)13-24-17-8-6-16(20)7-9-17/h2-9H,10-13H2,1H3,(H,21,22). The van der Waals surface area contributed by atoms with E-state index in [1.807, 2.05) is 31.2 Å². The zero-order valence-electron chi connectivity index (χ0n) is 14.0. The molecule has 0 atom stereocenters. The third-order valence-electron chi connectivity index (χ3n) is 3.51. The van der Waals surface area contributed by atoms with Crippen molar-refractivity contribution in [2.45, 2.75) is 13.3 Å². The van der Waals surface area contributed by atoms with Crippen molar-refractivity contribution >= 4 is 23.5 Å². The highest BCUT2D eigenvalue weighted by Gasteiger charge is 2.08. The molecule has 25 heavy (non-hydrogen) atoms. The van der Waals surface area contributed by atoms with E-state index in [0.717, 1.165) is 6.42 Å². The first kappa shape index (κ1) is 18.8. The Labute approximate surface area is 151 Å². The van der Waals surface area contributed by atoms with Gasteiger partial charge in [-0.1, -0.05) is 35.9 Å². The van der Waals surface area contributed by atoms with Gasteiger partial charge in [0, 0.05) is 11.6 Å². The highest BCUT2D eigenvalue weighted by atomic mass is 35.5. The van der Waals surface area contributed by atoms with Crippen molar-refractivity contribution < 1.29 is 19.1 Å². The molecule has 0 saturated heterocycles. The van der Waals surface area contributed by atoms with Crippen LogP contribution in [0, 0.1) is 6.92 Å². The minimum absolute atomic E-state index is 0.266. The molecule has 2 aromatic rings. The molecular weight excluding hydrogens is 342 g/mol. The second-order valence-electron chi connectivity index (χ2n) is 5.43. The Morgan fingerprint density at radius 2 is 1.76 bits per heavy atom. The van der Waals surface area contributed by atoms with Crippen LogP contribution in [0.3, 0.4) is 0 Å². The predicted molar refractivity (Wildman–Crippen MR) is 95.8 cm³/mol. The van der Waals surface area contributed by atoms with Gasteiger partial charge in [0.2, 0.25) is 0 Å². The largest absolute Gasteiger partial charge is 0.482 e. The Bertz CT molecular complexity index is 716. The van der Waals surface area contributed by atoms with Crippen molar-refractivity contribution in [2.75, 3.05) is 19.8 Å². The van der Waals surface area contributed by atoms with E-state index in [9.17, 15) is 9.59 Å². The van der Waals surface area contributed by atoms with Gasteiger partial charge in [0.15, 0.2) is 13.2 Å². The van der Waals surface area contributed by atoms with Crippen molar-refractivity contribution in [1.29, 1.82) is 0 Å². The van der Waals surface area contributed by atoms with E-state index in [-0.39, 0.29) is 19.1 Å². The zero-order valence-corrected chi connectivity index (χ0v) is 14.7. The van der Waals surface area contributed by atoms with Crippen LogP contribution in [0.5, 0.6) is 5.75 Å². The molecule has 0 bridgehead atoms. The van der Waals surface area contributed by atoms with Gasteiger partial charge in [-0.05, 0) is 48.7 Å². The molecule has 2 rings (SSSR count). The average molecular weight is 362 g/mol. The molecule has 1 amide bonds. The Morgan fingerprint density at radius 3 is 2.48 bits per heavy atom. The fraction of sp³-hybridized carbons (Fsp3) is 0.263. The van der Waals surface area contributed by atoms with Crippen LogP contribution < -0.4 is 10.1 Å². The summed E-state index contributed by atoms with van der Waals surface area (Å²) in [5.41, 5.74) is 2.36. The molecule has 0 spiro atoms. The quantitative estimate of drug-likeness (QED) is 0.734. The number of hydrogen-bond donors (Lipinski definition) is 1. The Morgan fingerprint density at radius 1 is 1.04 bits per heavy atom. The monoisotopic (exact) mass is 361 g/mol. The lowest BCUT2D eigenvalue weighted by molar-refractivity contribution is -0.150. The molecule has 0 heterocycles. The van der Waals surface area contributed by atoms with E-state index in [4.69, 9.17) is 21.1 Å². The fourth-order valence-corrected chi connectivity index (χ4v) is 2.26. The zero-order chi connectivity index (χ0) is 18.1. The molecule has 0 fully saturated rings. The van der Waals surface area contributed by atoms with Crippen molar-refractivity contribution in [1.82, 2.24) is 5.32 Å². The summed E-state index contributed by atoms with van der Waals surface area (Å²) in [5.74, 6) is -0.443. The number of carbonyl (C=O) groups is 2. The summed E-state index contributed by atoms with van der Waals surface area (Å²) in [4.78, 5) is 23.3. The summed E-state index contributed by atoms with van der Waals surface area (Å²) in [6, 6.07) is 14.6. The number of rotatable bonds is 8. The van der Waals surface area contributed by atoms with Crippen molar-refractivity contribution in [2.24, 2.45) is 0 Å². The molecule has 5 nitrogen and oxygen atoms in total. The molecular formula is C19H20ClNO4. The van der Waals surface area contributed by atoms with Crippen LogP contribution in [0.1, 0.15) is 11.1 Å². The fourth-order valence-electron chi connectivity index (χ4n) is 2.14. The van der Waals surface area contributed by atoms with E-state index in [0.29, 0.717) is 17.3 Å². The molecule has 1 N–H and O–H groups in total. The Balaban J connectivity index is 1.61. The van der Waals surface area contributed by atoms with Crippen LogP contribution in [0.15, 0.2) is 48.5 Å². The van der Waals surface area contributed by atoms with E-state index in [1.165, 1.54) is 11.1 Å². The third kappa shape index (κ3) is 6.85. The van der Waals surface area contributed by atoms with Gasteiger partial charge in [-0.25, -0.2) is 4.79 Å². The van der Waals surface area contributed by atoms with Gasteiger partial charge in [0.25, 0.3) is 5.91 Å². The maximum atomic E-state index is 11.7. The van der Waals surface area contributed by atoms with E-state index in [1.54, 1.807) is 24.3 Å². The van der Waals surface area contributed by atoms with Crippen molar-refractivity contribution in [3.05, 3.63) is 64.7 Å². The van der Waals surface area contributed by atoms with Crippen LogP contribution in [-0.2, 0) is 20.7 Å². The van der Waals surface area contributed by atoms with Crippen LogP contribution in [0.4, 0.5) is 0 Å². The summed E-state index contributed by atoms with van der Waals surface area (Å²) >= 11 is 5.76. The smallest absolute Gasteiger partial charge is 0.344 e. The normalized spacial score (nSPS) is 10.2. The minimum atomic E-state index is -0.607. The molecule has 0 saturated carbocycles. The van der Waals surface area contributed by atoms with Gasteiger partial charge < -0.3 is 14.8 Å². The molecule has 0 aromatic heterocycles. The summed E-state index contributed by atoms with van der Waals surface area (Å²) < 4.78 is 10.1. The Hall–Kier alpha value is -2.53. The number of esters is 1. The van der Waals surface area contributed by atoms with Crippen molar-refractivity contribution in [3.8, 4) is 5.75 Å². The first-order valence-electron chi connectivity index (χ1n) is 7.90. The van der Waals surface area contributed by atoms with Gasteiger partial charge in [-0.2, -0.15) is 0 Å². The summed E-state index contributed by atoms with van der Waals surface area (Å²) in [7, 11) is 0. The first-order chi connectivity index (χ1) is 12.0. The lowest BCUT2D eigenvalue weighted by atomic mass is 10.1. The lowest BCUT2D eigenvalue weighted by Crippen LogP contribution is -2.31. The van der Waals surface area contributed by atoms with Crippen LogP contribution in [0.2, 0.25) is 5.02 Å². The maximum Gasteiger partial charge on any atom is 0.344 e. The van der Waals surface area contributed by atoms with Gasteiger partial charge >= 0.3 is 5.97 Å². The van der Waals surface area contributed by atoms with E-state index in [2.05, 4.69) is 5.32 Å². The number of hydrogen-bond acceptors (Lipinski definition) is 4. The number of benzene rings is 2. The van der Waals surface area contributed by atoms with Crippen LogP contribution in [0.25, 0.3) is 0 Å². The summed E-state index contributed by atoms with van der Waals surface area (Å²) in [5, 5.41) is 3.30. The second-order valence-corrected chi connectivity index (χ2v) is 5.87. The maximum absolute atomic E-state index is 11.7. The molecule has 0 aliphatic carbocycles. The number of nitrogens with one attached hydrogen (secondary N) is 1. The topological polar surface area (TPSA) is 64.6 Å². The second kappa shape index (κ2) is 9.69. The van der Waals surface area contributed by atoms with Gasteiger partial charge in [-0.3, -0.25) is 4.79 Å². The molecule has 6 heteroatoms. The number of halogens is 1. The van der Waals surface area contributed by atoms with E-state index < -0.39 is 5.97 Å². The highest BCUT2D eigenvalue weighted by molar-refractivity contribution is 6.30. The molecule has 132 valence electrons. The highest BCUT2D eigenvalue weighted by Crippen LogP contribution is 2.15. The Kier molecular flexibility index (Phi) is 7.29. The summed E-state index contributed by atoms with van der Waals surface area (Å²) in [6.07, 6.45) is 0.728. The SMILES string of the molecule is Cc1ccccc1CCNC(=O)COC(=O)COc1ccc(Cl)cc1. The number of carbonyl (C=O) groups excluding carboxylic acids is 2. The van der Waals surface area contributed by atoms with Crippen molar-refractivity contribution in [3.63, 3.8) is 0 Å². The first-order valence-corrected chi connectivity index (χ1v) is 8.27. The van der Waals surface area contributed by atoms with Gasteiger partial charge in [-0.15, -0.1) is 0 Å². The van der Waals surface area contributed by atoms with Crippen LogP contribution in [-0.4, -0.2) is 31.6 Å². The molecule has 0 aliphatic rings. The van der Waals surface area contributed by atoms with Crippen LogP contribution >= 0.6 is 11.6 Å². The van der Waals surface area contributed by atoms with Gasteiger partial charge in [0.1, 0.15) is 5.75 Å². The summed E-state index contributed by atoms with van der Waals surface area (Å²) in [6.45, 7) is 1.93. The average Bonchev–Trinajstić information content (AvgIpc) is 2.61. The molecule has 0 radical (unpaired) electrons. The molecule has 2 aromatic carbocycles. The third-order valence-corrected chi connectivity index (χ3v) is 3.76. The van der Waals surface area contributed by atoms with E-state index >= 15 is 0 Å². The molecule has 0 unspecified atom stereocenters. The minimum Gasteiger partial charge on any atom is -0.482 e.